The molecule has 0 aliphatic rings. The van der Waals surface area contributed by atoms with Crippen LogP contribution in [0.4, 0.5) is 4.79 Å². The summed E-state index contributed by atoms with van der Waals surface area (Å²) in [4.78, 5) is 13.2. The Bertz CT molecular complexity index is 1790. The smallest absolute Gasteiger partial charge is 0.429 e. The molecule has 4 aromatic rings. The zero-order valence-corrected chi connectivity index (χ0v) is 26.9. The maximum Gasteiger partial charge on any atom is 0.508 e. The van der Waals surface area contributed by atoms with Crippen LogP contribution in [0, 0.1) is 0 Å². The lowest BCUT2D eigenvalue weighted by Crippen LogP contribution is -2.14. The highest BCUT2D eigenvalue weighted by molar-refractivity contribution is 7.91. The molecule has 0 atom stereocenters. The molecule has 0 aliphatic carbocycles. The fourth-order valence-electron chi connectivity index (χ4n) is 4.80. The van der Waals surface area contributed by atoms with Crippen LogP contribution in [-0.2, 0) is 29.1 Å². The number of carbonyl (C=O) groups excluding carboxylic acids is 1. The largest absolute Gasteiger partial charge is 0.508 e. The minimum atomic E-state index is -3.45. The topological polar surface area (TPSA) is 144 Å². The number of ether oxygens (including phenoxy) is 2. The first-order chi connectivity index (χ1) is 21.9. The molecule has 0 saturated heterocycles. The molecular weight excluding hydrogens is 629 g/mol. The zero-order chi connectivity index (χ0) is 33.3. The van der Waals surface area contributed by atoms with E-state index in [1.54, 1.807) is 72.8 Å². The normalized spacial score (nSPS) is 13.0. The van der Waals surface area contributed by atoms with E-state index >= 15 is 0 Å². The second-order valence-corrected chi connectivity index (χ2v) is 14.4. The molecule has 0 unspecified atom stereocenters. The molecule has 11 heteroatoms. The van der Waals surface area contributed by atoms with Gasteiger partial charge in [0.15, 0.2) is 19.7 Å². The van der Waals surface area contributed by atoms with Crippen molar-refractivity contribution in [3.05, 3.63) is 131 Å². The first-order valence-corrected chi connectivity index (χ1v) is 17.9. The van der Waals surface area contributed by atoms with Gasteiger partial charge in [0.1, 0.15) is 13.2 Å². The van der Waals surface area contributed by atoms with Gasteiger partial charge in [0.2, 0.25) is 0 Å². The van der Waals surface area contributed by atoms with E-state index in [0.717, 1.165) is 12.5 Å². The summed E-state index contributed by atoms with van der Waals surface area (Å²) < 4.78 is 59.1. The molecule has 4 aromatic carbocycles. The van der Waals surface area contributed by atoms with Crippen LogP contribution >= 0.6 is 0 Å². The van der Waals surface area contributed by atoms with Gasteiger partial charge in [-0.3, -0.25) is 0 Å². The summed E-state index contributed by atoms with van der Waals surface area (Å²) in [5.41, 5.74) is 4.26. The molecule has 0 radical (unpaired) electrons. The van der Waals surface area contributed by atoms with Crippen molar-refractivity contribution >= 4 is 48.1 Å². The van der Waals surface area contributed by atoms with Crippen LogP contribution < -0.4 is 0 Å². The molecule has 0 fully saturated rings. The van der Waals surface area contributed by atoms with Crippen molar-refractivity contribution < 1.29 is 41.3 Å². The molecule has 0 aliphatic heterocycles. The molecule has 46 heavy (non-hydrogen) atoms. The van der Waals surface area contributed by atoms with Crippen molar-refractivity contribution in [1.82, 2.24) is 0 Å². The predicted molar refractivity (Wildman–Crippen MR) is 177 cm³/mol. The summed E-state index contributed by atoms with van der Waals surface area (Å²) in [6.45, 7) is -1.40. The van der Waals surface area contributed by atoms with Crippen molar-refractivity contribution in [2.75, 3.05) is 38.9 Å². The summed E-state index contributed by atoms with van der Waals surface area (Å²) in [6.07, 6.45) is 1.17. The Kier molecular flexibility index (Phi) is 11.3. The van der Waals surface area contributed by atoms with Gasteiger partial charge in [-0.2, -0.15) is 0 Å². The van der Waals surface area contributed by atoms with E-state index in [9.17, 15) is 31.8 Å². The predicted octanol–water partition coefficient (Wildman–Crippen LogP) is 5.15. The maximum absolute atomic E-state index is 13.0. The molecule has 0 heterocycles. The van der Waals surface area contributed by atoms with Gasteiger partial charge in [0, 0.05) is 23.7 Å². The second kappa shape index (κ2) is 15.2. The average molecular weight is 663 g/mol. The number of hydrogen-bond acceptors (Lipinski definition) is 9. The van der Waals surface area contributed by atoms with Crippen molar-refractivity contribution in [1.29, 1.82) is 0 Å². The zero-order valence-electron chi connectivity index (χ0n) is 25.3. The van der Waals surface area contributed by atoms with Gasteiger partial charge in [-0.1, -0.05) is 84.9 Å². The number of hydrogen-bond donors (Lipinski definition) is 2. The molecular formula is C35H34O9S2. The molecule has 2 N–H and O–H groups in total. The van der Waals surface area contributed by atoms with Gasteiger partial charge >= 0.3 is 6.16 Å². The number of carbonyl (C=O) groups is 1. The van der Waals surface area contributed by atoms with Crippen LogP contribution in [-0.4, -0.2) is 72.1 Å². The molecule has 9 nitrogen and oxygen atoms in total. The Balaban J connectivity index is 1.64. The van der Waals surface area contributed by atoms with Crippen LogP contribution in [0.2, 0.25) is 0 Å². The van der Waals surface area contributed by atoms with E-state index in [1.807, 2.05) is 12.1 Å². The van der Waals surface area contributed by atoms with Crippen LogP contribution in [0.3, 0.4) is 0 Å². The number of rotatable bonds is 12. The molecule has 0 aromatic heterocycles. The Morgan fingerprint density at radius 2 is 0.804 bits per heavy atom. The number of aliphatic hydroxyl groups excluding tert-OH is 2. The fourth-order valence-corrected chi connectivity index (χ4v) is 6.06. The standard InChI is InChI=1S/C35H34O9S2/c1-45(39,40)29-17-13-27(14-18-29)33(31(21-36)25-9-5-3-6-10-25)23-43-35(38)44-24-34(32(22-37)26-11-7-4-8-12-26)28-15-19-30(20-16-28)46(2,41)42/h3-20,36-37H,21-24H2,1-2H3/b33-31-,34-32-. The highest BCUT2D eigenvalue weighted by Crippen LogP contribution is 2.30. The van der Waals surface area contributed by atoms with Gasteiger partial charge in [-0.25, -0.2) is 21.6 Å². The summed E-state index contributed by atoms with van der Waals surface area (Å²) in [7, 11) is -6.90. The molecule has 4 rings (SSSR count). The van der Waals surface area contributed by atoms with Gasteiger partial charge < -0.3 is 19.7 Å². The van der Waals surface area contributed by atoms with Crippen LogP contribution in [0.5, 0.6) is 0 Å². The van der Waals surface area contributed by atoms with Crippen molar-refractivity contribution in [3.8, 4) is 0 Å². The van der Waals surface area contributed by atoms with Crippen molar-refractivity contribution in [3.63, 3.8) is 0 Å². The Morgan fingerprint density at radius 3 is 1.09 bits per heavy atom. The summed E-state index contributed by atoms with van der Waals surface area (Å²) in [6, 6.07) is 30.1. The lowest BCUT2D eigenvalue weighted by atomic mass is 9.95. The molecule has 0 spiro atoms. The van der Waals surface area contributed by atoms with Gasteiger partial charge in [-0.05, 0) is 57.7 Å². The first-order valence-electron chi connectivity index (χ1n) is 14.1. The van der Waals surface area contributed by atoms with Crippen LogP contribution in [0.15, 0.2) is 119 Å². The van der Waals surface area contributed by atoms with E-state index in [4.69, 9.17) is 9.47 Å². The lowest BCUT2D eigenvalue weighted by Gasteiger charge is -2.17. The molecule has 0 saturated carbocycles. The summed E-state index contributed by atoms with van der Waals surface area (Å²) >= 11 is 0. The third-order valence-corrected chi connectivity index (χ3v) is 9.48. The van der Waals surface area contributed by atoms with Crippen molar-refractivity contribution in [2.24, 2.45) is 0 Å². The highest BCUT2D eigenvalue weighted by atomic mass is 32.2. The monoisotopic (exact) mass is 662 g/mol. The average Bonchev–Trinajstić information content (AvgIpc) is 3.05. The summed E-state index contributed by atoms with van der Waals surface area (Å²) in [5.74, 6) is 0. The first kappa shape index (κ1) is 34.3. The second-order valence-electron chi connectivity index (χ2n) is 10.4. The number of aliphatic hydroxyl groups is 2. The highest BCUT2D eigenvalue weighted by Gasteiger charge is 2.19. The van der Waals surface area contributed by atoms with E-state index in [-0.39, 0.29) is 23.0 Å². The van der Waals surface area contributed by atoms with E-state index < -0.39 is 39.0 Å². The van der Waals surface area contributed by atoms with E-state index in [1.165, 1.54) is 24.3 Å². The van der Waals surface area contributed by atoms with Crippen LogP contribution in [0.25, 0.3) is 22.3 Å². The van der Waals surface area contributed by atoms with E-state index in [2.05, 4.69) is 0 Å². The number of sulfone groups is 2. The summed E-state index contributed by atoms with van der Waals surface area (Å²) in [5, 5.41) is 20.7. The minimum absolute atomic E-state index is 0.114. The SMILES string of the molecule is CS(=O)(=O)c1ccc(/C(COC(=O)OC/C(=C(\CO)c2ccccc2)c2ccc(S(C)(=O)=O)cc2)=C(/CO)c2ccccc2)cc1. The van der Waals surface area contributed by atoms with Gasteiger partial charge in [-0.15, -0.1) is 0 Å². The van der Waals surface area contributed by atoms with Gasteiger partial charge in [0.25, 0.3) is 0 Å². The fraction of sp³-hybridized carbons (Fsp3) is 0.171. The Hall–Kier alpha value is -4.55. The van der Waals surface area contributed by atoms with Crippen molar-refractivity contribution in [2.45, 2.75) is 9.79 Å². The lowest BCUT2D eigenvalue weighted by molar-refractivity contribution is 0.0746. The van der Waals surface area contributed by atoms with Gasteiger partial charge in [0.05, 0.1) is 23.0 Å². The minimum Gasteiger partial charge on any atom is -0.429 e. The molecule has 240 valence electrons. The Labute approximate surface area is 268 Å². The molecule has 0 amide bonds. The Morgan fingerprint density at radius 1 is 0.500 bits per heavy atom. The quantitative estimate of drug-likeness (QED) is 0.155. The third kappa shape index (κ3) is 8.79. The van der Waals surface area contributed by atoms with Crippen LogP contribution in [0.1, 0.15) is 22.3 Å². The maximum atomic E-state index is 13.0. The third-order valence-electron chi connectivity index (χ3n) is 7.22. The molecule has 0 bridgehead atoms. The van der Waals surface area contributed by atoms with E-state index in [0.29, 0.717) is 44.5 Å². The number of benzene rings is 4.